The Labute approximate surface area is 244 Å². The summed E-state index contributed by atoms with van der Waals surface area (Å²) in [6.45, 7) is 10.2. The molecule has 0 bridgehead atoms. The summed E-state index contributed by atoms with van der Waals surface area (Å²) in [4.78, 5) is 18.5. The van der Waals surface area contributed by atoms with Gasteiger partial charge in [0.05, 0.1) is 28.3 Å². The Morgan fingerprint density at radius 2 is 1.68 bits per heavy atom. The van der Waals surface area contributed by atoms with E-state index >= 15 is 0 Å². The van der Waals surface area contributed by atoms with Crippen molar-refractivity contribution in [3.8, 4) is 0 Å². The number of carbonyl (C=O) groups excluding carboxylic acids is 1. The van der Waals surface area contributed by atoms with Gasteiger partial charge in [0, 0.05) is 30.0 Å². The lowest BCUT2D eigenvalue weighted by Gasteiger charge is -2.32. The fraction of sp³-hybridized carbons (Fsp3) is 0.519. The van der Waals surface area contributed by atoms with E-state index in [-0.39, 0.29) is 11.8 Å². The van der Waals surface area contributed by atoms with E-state index in [9.17, 15) is 13.2 Å². The number of fused-ring (bicyclic) bond motifs is 1. The summed E-state index contributed by atoms with van der Waals surface area (Å²) >= 11 is 3.39. The zero-order valence-electron chi connectivity index (χ0n) is 23.3. The van der Waals surface area contributed by atoms with Crippen LogP contribution >= 0.6 is 15.9 Å². The van der Waals surface area contributed by atoms with Gasteiger partial charge in [-0.25, -0.2) is 12.9 Å². The van der Waals surface area contributed by atoms with Gasteiger partial charge in [-0.3, -0.25) is 15.0 Å². The molecule has 10 nitrogen and oxygen atoms in total. The third-order valence-electron chi connectivity index (χ3n) is 7.82. The van der Waals surface area contributed by atoms with Crippen LogP contribution < -0.4 is 10.9 Å². The molecule has 4 heterocycles. The van der Waals surface area contributed by atoms with Gasteiger partial charge in [-0.15, -0.1) is 5.10 Å². The molecule has 2 saturated heterocycles. The first-order chi connectivity index (χ1) is 18.8. The molecular weight excluding hydrogens is 597 g/mol. The van der Waals surface area contributed by atoms with E-state index < -0.39 is 28.2 Å². The van der Waals surface area contributed by atoms with Gasteiger partial charge in [0.2, 0.25) is 11.9 Å². The number of pyridine rings is 1. The number of halogens is 1. The molecule has 0 atom stereocenters. The first kappa shape index (κ1) is 29.2. The zero-order valence-corrected chi connectivity index (χ0v) is 25.7. The first-order valence-corrected chi connectivity index (χ1v) is 16.1. The minimum absolute atomic E-state index is 0.0110. The molecule has 3 aliphatic rings. The Balaban J connectivity index is 0.000000176. The summed E-state index contributed by atoms with van der Waals surface area (Å²) in [5, 5.41) is 7.20. The standard InChI is InChI=1S/C16H21BN4O3.C11H14BrNO2S/c1-15(2)16(3,4)24-17(23-15)11-6-5-7-12-18-14(20-21(11)12)19-13(22)10-8-9-10;12-11-3-1-10(2-4-11)9-13-5-7-16(14,15)8-6-13/h5-7,10H,8-9H2,1-4H3,(H,19,20,22);1-4H,5-9H2. The third kappa shape index (κ3) is 6.76. The van der Waals surface area contributed by atoms with E-state index in [1.54, 1.807) is 4.52 Å². The van der Waals surface area contributed by atoms with Crippen LogP contribution in [-0.2, 0) is 30.5 Å². The average molecular weight is 632 g/mol. The SMILES string of the molecule is CC1(C)OB(c2cccc3nc(NC(=O)C4CC4)nn23)OC1(C)C.O=S1(=O)CCN(Cc2ccc(Br)cc2)CC1. The number of nitrogens with one attached hydrogen (secondary N) is 1. The zero-order chi connectivity index (χ0) is 28.7. The van der Waals surface area contributed by atoms with Crippen LogP contribution in [0.4, 0.5) is 5.95 Å². The lowest BCUT2D eigenvalue weighted by molar-refractivity contribution is -0.117. The summed E-state index contributed by atoms with van der Waals surface area (Å²) in [6, 6.07) is 13.8. The fourth-order valence-electron chi connectivity index (χ4n) is 4.43. The van der Waals surface area contributed by atoms with Crippen molar-refractivity contribution in [1.29, 1.82) is 0 Å². The number of anilines is 1. The van der Waals surface area contributed by atoms with E-state index in [0.717, 1.165) is 29.5 Å². The molecule has 1 amide bonds. The van der Waals surface area contributed by atoms with Gasteiger partial charge in [-0.1, -0.05) is 34.1 Å². The quantitative estimate of drug-likeness (QED) is 0.428. The van der Waals surface area contributed by atoms with Gasteiger partial charge in [0.15, 0.2) is 15.5 Å². The number of hydrogen-bond acceptors (Lipinski definition) is 8. The fourth-order valence-corrected chi connectivity index (χ4v) is 5.98. The number of carbonyl (C=O) groups is 1. The van der Waals surface area contributed by atoms with Gasteiger partial charge in [0.1, 0.15) is 0 Å². The maximum absolute atomic E-state index is 11.9. The van der Waals surface area contributed by atoms with E-state index in [0.29, 0.717) is 36.2 Å². The largest absolute Gasteiger partial charge is 0.514 e. The molecule has 13 heteroatoms. The summed E-state index contributed by atoms with van der Waals surface area (Å²) in [5.41, 5.74) is 1.77. The minimum Gasteiger partial charge on any atom is -0.398 e. The van der Waals surface area contributed by atoms with Crippen LogP contribution in [0.25, 0.3) is 5.65 Å². The predicted octanol–water partition coefficient (Wildman–Crippen LogP) is 3.06. The molecule has 0 unspecified atom stereocenters. The summed E-state index contributed by atoms with van der Waals surface area (Å²) < 4.78 is 37.5. The molecule has 1 saturated carbocycles. The van der Waals surface area contributed by atoms with E-state index in [4.69, 9.17) is 9.31 Å². The Hall–Kier alpha value is -2.32. The van der Waals surface area contributed by atoms with Crippen molar-refractivity contribution in [2.45, 2.75) is 58.3 Å². The van der Waals surface area contributed by atoms with Crippen molar-refractivity contribution in [1.82, 2.24) is 19.5 Å². The highest BCUT2D eigenvalue weighted by Gasteiger charge is 2.52. The molecule has 1 aromatic carbocycles. The Bertz CT molecular complexity index is 1460. The third-order valence-corrected chi connectivity index (χ3v) is 9.96. The predicted molar refractivity (Wildman–Crippen MR) is 158 cm³/mol. The topological polar surface area (TPSA) is 115 Å². The molecule has 3 fully saturated rings. The number of amides is 1. The van der Waals surface area contributed by atoms with Gasteiger partial charge in [-0.05, 0) is 70.4 Å². The molecule has 214 valence electrons. The van der Waals surface area contributed by atoms with Gasteiger partial charge in [-0.2, -0.15) is 4.98 Å². The average Bonchev–Trinajstić information content (AvgIpc) is 3.61. The van der Waals surface area contributed by atoms with Gasteiger partial charge in [0.25, 0.3) is 0 Å². The Morgan fingerprint density at radius 1 is 1.05 bits per heavy atom. The van der Waals surface area contributed by atoms with Crippen LogP contribution in [0.1, 0.15) is 46.1 Å². The van der Waals surface area contributed by atoms with Crippen molar-refractivity contribution in [3.05, 3.63) is 52.5 Å². The molecule has 2 aliphatic heterocycles. The maximum Gasteiger partial charge on any atom is 0.514 e. The van der Waals surface area contributed by atoms with E-state index in [1.165, 1.54) is 5.56 Å². The monoisotopic (exact) mass is 631 g/mol. The second-order valence-electron chi connectivity index (χ2n) is 11.6. The molecule has 0 radical (unpaired) electrons. The molecule has 1 aliphatic carbocycles. The number of benzene rings is 1. The Kier molecular flexibility index (Phi) is 8.15. The van der Waals surface area contributed by atoms with Crippen molar-refractivity contribution in [2.24, 2.45) is 5.92 Å². The summed E-state index contributed by atoms with van der Waals surface area (Å²) in [5.74, 6) is 1.01. The summed E-state index contributed by atoms with van der Waals surface area (Å²) in [6.07, 6.45) is 1.89. The number of nitrogens with zero attached hydrogens (tertiary/aromatic N) is 4. The lowest BCUT2D eigenvalue weighted by atomic mass is 9.84. The molecule has 40 heavy (non-hydrogen) atoms. The molecule has 2 aromatic heterocycles. The molecular formula is C27H35BBrN5O5S. The Morgan fingerprint density at radius 3 is 2.27 bits per heavy atom. The second kappa shape index (κ2) is 11.2. The first-order valence-electron chi connectivity index (χ1n) is 13.5. The second-order valence-corrected chi connectivity index (χ2v) is 14.8. The highest BCUT2D eigenvalue weighted by Crippen LogP contribution is 2.36. The lowest BCUT2D eigenvalue weighted by Crippen LogP contribution is -2.41. The van der Waals surface area contributed by atoms with Crippen molar-refractivity contribution >= 4 is 56.0 Å². The van der Waals surface area contributed by atoms with Gasteiger partial charge >= 0.3 is 7.12 Å². The number of hydrogen-bond donors (Lipinski definition) is 1. The van der Waals surface area contributed by atoms with Crippen LogP contribution in [0.2, 0.25) is 0 Å². The van der Waals surface area contributed by atoms with Crippen LogP contribution in [0.3, 0.4) is 0 Å². The normalized spacial score (nSPS) is 21.6. The molecule has 0 spiro atoms. The molecule has 1 N–H and O–H groups in total. The highest BCUT2D eigenvalue weighted by atomic mass is 79.9. The van der Waals surface area contributed by atoms with Gasteiger partial charge < -0.3 is 9.31 Å². The molecule has 6 rings (SSSR count). The number of aromatic nitrogens is 3. The number of sulfone groups is 1. The number of rotatable bonds is 5. The van der Waals surface area contributed by atoms with Crippen LogP contribution in [-0.4, -0.2) is 76.7 Å². The van der Waals surface area contributed by atoms with Crippen LogP contribution in [0, 0.1) is 5.92 Å². The van der Waals surface area contributed by atoms with Crippen LogP contribution in [0.15, 0.2) is 46.9 Å². The maximum atomic E-state index is 11.9. The van der Waals surface area contributed by atoms with E-state index in [2.05, 4.69) is 48.4 Å². The highest BCUT2D eigenvalue weighted by molar-refractivity contribution is 9.10. The summed E-state index contributed by atoms with van der Waals surface area (Å²) in [7, 11) is -3.30. The van der Waals surface area contributed by atoms with E-state index in [1.807, 2.05) is 58.0 Å². The van der Waals surface area contributed by atoms with Crippen molar-refractivity contribution in [2.75, 3.05) is 29.9 Å². The minimum atomic E-state index is -2.76. The molecule has 3 aromatic rings. The van der Waals surface area contributed by atoms with Crippen molar-refractivity contribution < 1.29 is 22.5 Å². The van der Waals surface area contributed by atoms with Crippen LogP contribution in [0.5, 0.6) is 0 Å². The van der Waals surface area contributed by atoms with Crippen molar-refractivity contribution in [3.63, 3.8) is 0 Å². The smallest absolute Gasteiger partial charge is 0.398 e.